The van der Waals surface area contributed by atoms with Crippen LogP contribution in [0.2, 0.25) is 5.02 Å². The van der Waals surface area contributed by atoms with Gasteiger partial charge >= 0.3 is 0 Å². The quantitative estimate of drug-likeness (QED) is 0.747. The van der Waals surface area contributed by atoms with E-state index in [1.165, 1.54) is 6.07 Å². The van der Waals surface area contributed by atoms with Crippen LogP contribution in [0.3, 0.4) is 0 Å². The molecule has 1 aliphatic rings. The fourth-order valence-corrected chi connectivity index (χ4v) is 3.39. The van der Waals surface area contributed by atoms with E-state index in [4.69, 9.17) is 21.1 Å². The van der Waals surface area contributed by atoms with Crippen molar-refractivity contribution in [1.82, 2.24) is 0 Å². The molecule has 2 aromatic rings. The van der Waals surface area contributed by atoms with Crippen LogP contribution in [0, 0.1) is 5.82 Å². The van der Waals surface area contributed by atoms with Crippen molar-refractivity contribution >= 4 is 17.4 Å². The maximum absolute atomic E-state index is 14.5. The lowest BCUT2D eigenvalue weighted by atomic mass is 9.78. The zero-order valence-corrected chi connectivity index (χ0v) is 14.8. The van der Waals surface area contributed by atoms with Crippen molar-refractivity contribution in [3.63, 3.8) is 0 Å². The van der Waals surface area contributed by atoms with Gasteiger partial charge in [-0.15, -0.1) is 0 Å². The first kappa shape index (κ1) is 17.9. The van der Waals surface area contributed by atoms with E-state index in [1.54, 1.807) is 19.2 Å². The predicted molar refractivity (Wildman–Crippen MR) is 94.3 cm³/mol. The van der Waals surface area contributed by atoms with Gasteiger partial charge in [0, 0.05) is 23.4 Å². The topological polar surface area (TPSA) is 35.5 Å². The lowest BCUT2D eigenvalue weighted by Crippen LogP contribution is -2.35. The molecular formula is C20H20ClFO3. The Morgan fingerprint density at radius 2 is 1.80 bits per heavy atom. The number of ether oxygens (including phenoxy) is 2. The predicted octanol–water partition coefficient (Wildman–Crippen LogP) is 5.04. The Morgan fingerprint density at radius 1 is 1.12 bits per heavy atom. The minimum Gasteiger partial charge on any atom is -0.497 e. The van der Waals surface area contributed by atoms with E-state index in [9.17, 15) is 9.18 Å². The molecule has 1 saturated carbocycles. The summed E-state index contributed by atoms with van der Waals surface area (Å²) in [6.07, 6.45) is 1.73. The summed E-state index contributed by atoms with van der Waals surface area (Å²) < 4.78 is 25.9. The second-order valence-corrected chi connectivity index (χ2v) is 6.73. The summed E-state index contributed by atoms with van der Waals surface area (Å²) in [5.74, 6) is 0.570. The van der Waals surface area contributed by atoms with Gasteiger partial charge in [0.2, 0.25) is 0 Å². The molecule has 0 N–H and O–H groups in total. The fourth-order valence-electron chi connectivity index (χ4n) is 3.23. The van der Waals surface area contributed by atoms with Crippen LogP contribution in [0.15, 0.2) is 42.5 Å². The number of rotatable bonds is 5. The molecule has 0 amide bonds. The van der Waals surface area contributed by atoms with E-state index in [0.29, 0.717) is 42.9 Å². The van der Waals surface area contributed by atoms with Gasteiger partial charge < -0.3 is 9.47 Å². The van der Waals surface area contributed by atoms with Crippen molar-refractivity contribution in [3.05, 3.63) is 64.4 Å². The average Bonchev–Trinajstić information content (AvgIpc) is 2.62. The summed E-state index contributed by atoms with van der Waals surface area (Å²) in [5.41, 5.74) is 0.632. The summed E-state index contributed by atoms with van der Waals surface area (Å²) in [6, 6.07) is 12.2. The average molecular weight is 363 g/mol. The normalized spacial score (nSPS) is 16.7. The first-order valence-electron chi connectivity index (χ1n) is 8.26. The third-order valence-electron chi connectivity index (χ3n) is 4.71. The standard InChI is InChI=1S/C20H20ClFO3/c1-24-17-5-2-14(3-6-17)13-25-20(10-8-16(23)9-11-20)18-7-4-15(21)12-19(18)22/h2-7,12H,8-11,13H2,1H3. The van der Waals surface area contributed by atoms with Gasteiger partial charge in [-0.2, -0.15) is 0 Å². The molecule has 0 atom stereocenters. The molecule has 1 aliphatic carbocycles. The van der Waals surface area contributed by atoms with Crippen LogP contribution in [0.25, 0.3) is 0 Å². The molecule has 0 spiro atoms. The number of hydrogen-bond donors (Lipinski definition) is 0. The van der Waals surface area contributed by atoms with Gasteiger partial charge in [0.25, 0.3) is 0 Å². The van der Waals surface area contributed by atoms with Gasteiger partial charge in [-0.05, 0) is 42.7 Å². The number of benzene rings is 2. The largest absolute Gasteiger partial charge is 0.497 e. The van der Waals surface area contributed by atoms with Crippen LogP contribution in [-0.2, 0) is 21.7 Å². The summed E-state index contributed by atoms with van der Waals surface area (Å²) >= 11 is 5.88. The van der Waals surface area contributed by atoms with Crippen molar-refractivity contribution in [3.8, 4) is 5.75 Å². The highest BCUT2D eigenvalue weighted by Crippen LogP contribution is 2.41. The number of Topliss-reactive ketones (excluding diaryl/α,β-unsaturated/α-hetero) is 1. The molecule has 5 heteroatoms. The van der Waals surface area contributed by atoms with Crippen LogP contribution >= 0.6 is 11.6 Å². The van der Waals surface area contributed by atoms with Gasteiger partial charge in [-0.1, -0.05) is 29.8 Å². The number of halogens is 2. The lowest BCUT2D eigenvalue weighted by Gasteiger charge is -2.37. The van der Waals surface area contributed by atoms with E-state index in [0.717, 1.165) is 11.3 Å². The Labute approximate surface area is 151 Å². The molecule has 3 rings (SSSR count). The molecule has 3 nitrogen and oxygen atoms in total. The fraction of sp³-hybridized carbons (Fsp3) is 0.350. The molecule has 0 aliphatic heterocycles. The molecular weight excluding hydrogens is 343 g/mol. The highest BCUT2D eigenvalue weighted by Gasteiger charge is 2.39. The van der Waals surface area contributed by atoms with Gasteiger partial charge in [0.05, 0.1) is 19.3 Å². The van der Waals surface area contributed by atoms with E-state index >= 15 is 0 Å². The SMILES string of the molecule is COc1ccc(COC2(c3ccc(Cl)cc3F)CCC(=O)CC2)cc1. The van der Waals surface area contributed by atoms with Crippen molar-refractivity contribution in [2.45, 2.75) is 37.9 Å². The maximum Gasteiger partial charge on any atom is 0.133 e. The molecule has 132 valence electrons. The van der Waals surface area contributed by atoms with Gasteiger partial charge in [-0.25, -0.2) is 4.39 Å². The van der Waals surface area contributed by atoms with Gasteiger partial charge in [0.15, 0.2) is 0 Å². The Bertz CT molecular complexity index is 748. The Kier molecular flexibility index (Phi) is 5.40. The Morgan fingerprint density at radius 3 is 2.40 bits per heavy atom. The summed E-state index contributed by atoms with van der Waals surface area (Å²) in [4.78, 5) is 11.7. The minimum absolute atomic E-state index is 0.193. The molecule has 25 heavy (non-hydrogen) atoms. The van der Waals surface area contributed by atoms with Crippen LogP contribution in [0.5, 0.6) is 5.75 Å². The second kappa shape index (κ2) is 7.54. The number of carbonyl (C=O) groups is 1. The number of hydrogen-bond acceptors (Lipinski definition) is 3. The van der Waals surface area contributed by atoms with Crippen LogP contribution in [0.1, 0.15) is 36.8 Å². The summed E-state index contributed by atoms with van der Waals surface area (Å²) in [5, 5.41) is 0.346. The summed E-state index contributed by atoms with van der Waals surface area (Å²) in [7, 11) is 1.61. The number of methoxy groups -OCH3 is 1. The first-order chi connectivity index (χ1) is 12.0. The highest BCUT2D eigenvalue weighted by atomic mass is 35.5. The van der Waals surface area contributed by atoms with Crippen LogP contribution in [-0.4, -0.2) is 12.9 Å². The van der Waals surface area contributed by atoms with Gasteiger partial charge in [-0.3, -0.25) is 4.79 Å². The van der Waals surface area contributed by atoms with E-state index in [2.05, 4.69) is 0 Å². The molecule has 0 aromatic heterocycles. The molecule has 1 fully saturated rings. The van der Waals surface area contributed by atoms with Crippen molar-refractivity contribution < 1.29 is 18.7 Å². The maximum atomic E-state index is 14.5. The van der Waals surface area contributed by atoms with Crippen molar-refractivity contribution in [2.75, 3.05) is 7.11 Å². The Hall–Kier alpha value is -1.91. The molecule has 0 heterocycles. The summed E-state index contributed by atoms with van der Waals surface area (Å²) in [6.45, 7) is 0.334. The van der Waals surface area contributed by atoms with Crippen LogP contribution < -0.4 is 4.74 Å². The van der Waals surface area contributed by atoms with E-state index < -0.39 is 11.4 Å². The van der Waals surface area contributed by atoms with E-state index in [1.807, 2.05) is 24.3 Å². The minimum atomic E-state index is -0.803. The first-order valence-corrected chi connectivity index (χ1v) is 8.64. The molecule has 0 radical (unpaired) electrons. The molecule has 2 aromatic carbocycles. The monoisotopic (exact) mass is 362 g/mol. The molecule has 0 unspecified atom stereocenters. The van der Waals surface area contributed by atoms with Gasteiger partial charge in [0.1, 0.15) is 17.3 Å². The Balaban J connectivity index is 1.85. The molecule has 0 saturated heterocycles. The zero-order chi connectivity index (χ0) is 17.9. The number of carbonyl (C=O) groups excluding carboxylic acids is 1. The second-order valence-electron chi connectivity index (χ2n) is 6.29. The zero-order valence-electron chi connectivity index (χ0n) is 14.1. The van der Waals surface area contributed by atoms with Crippen LogP contribution in [0.4, 0.5) is 4.39 Å². The van der Waals surface area contributed by atoms with Crippen molar-refractivity contribution in [2.24, 2.45) is 0 Å². The molecule has 0 bridgehead atoms. The lowest BCUT2D eigenvalue weighted by molar-refractivity contribution is -0.133. The third kappa shape index (κ3) is 4.02. The number of ketones is 1. The van der Waals surface area contributed by atoms with E-state index in [-0.39, 0.29) is 5.78 Å². The highest BCUT2D eigenvalue weighted by molar-refractivity contribution is 6.30. The smallest absolute Gasteiger partial charge is 0.133 e. The third-order valence-corrected chi connectivity index (χ3v) is 4.95. The van der Waals surface area contributed by atoms with Crippen molar-refractivity contribution in [1.29, 1.82) is 0 Å².